The van der Waals surface area contributed by atoms with Crippen LogP contribution in [0, 0.1) is 0 Å². The zero-order valence-electron chi connectivity index (χ0n) is 13.9. The molecule has 0 aliphatic carbocycles. The number of carbonyl (C=O) groups excluding carboxylic acids is 1. The summed E-state index contributed by atoms with van der Waals surface area (Å²) in [5.41, 5.74) is 9.13. The molecule has 0 saturated heterocycles. The van der Waals surface area contributed by atoms with Gasteiger partial charge >= 0.3 is 0 Å². The molecule has 25 heavy (non-hydrogen) atoms. The number of ether oxygens (including phenoxy) is 1. The topological polar surface area (TPSA) is 77.2 Å². The van der Waals surface area contributed by atoms with Gasteiger partial charge in [-0.2, -0.15) is 0 Å². The number of nitrogens with two attached hydrogens (primary N) is 1. The van der Waals surface area contributed by atoms with E-state index in [-0.39, 0.29) is 12.5 Å². The average molecular weight is 353 g/mol. The molecule has 3 rings (SSSR count). The molecule has 0 bridgehead atoms. The van der Waals surface area contributed by atoms with Crippen LogP contribution in [0.15, 0.2) is 53.9 Å². The number of nitrogen functional groups attached to an aromatic ring is 1. The number of hydrogen-bond donors (Lipinski definition) is 2. The van der Waals surface area contributed by atoms with Crippen LogP contribution in [-0.2, 0) is 11.2 Å². The second-order valence-corrected chi connectivity index (χ2v) is 6.34. The highest BCUT2D eigenvalue weighted by molar-refractivity contribution is 7.13. The Kier molecular flexibility index (Phi) is 5.30. The Morgan fingerprint density at radius 3 is 2.84 bits per heavy atom. The summed E-state index contributed by atoms with van der Waals surface area (Å²) in [7, 11) is 0. The number of aromatic nitrogens is 1. The molecule has 0 radical (unpaired) electrons. The first-order valence-corrected chi connectivity index (χ1v) is 8.85. The third-order valence-corrected chi connectivity index (χ3v) is 4.35. The van der Waals surface area contributed by atoms with Crippen molar-refractivity contribution in [2.45, 2.75) is 13.3 Å². The summed E-state index contributed by atoms with van der Waals surface area (Å²) in [5, 5.41) is 5.24. The van der Waals surface area contributed by atoms with E-state index in [9.17, 15) is 4.79 Å². The van der Waals surface area contributed by atoms with Gasteiger partial charge in [0.05, 0.1) is 11.4 Å². The molecular formula is C19H19N3O2S. The van der Waals surface area contributed by atoms with Crippen LogP contribution in [0.3, 0.4) is 0 Å². The Bertz CT molecular complexity index is 876. The molecule has 0 fully saturated rings. The molecule has 0 spiro atoms. The summed E-state index contributed by atoms with van der Waals surface area (Å²) in [6.07, 6.45) is 0.924. The number of carbonyl (C=O) groups is 1. The number of thiazole rings is 1. The summed E-state index contributed by atoms with van der Waals surface area (Å²) in [4.78, 5) is 16.5. The minimum Gasteiger partial charge on any atom is -0.484 e. The van der Waals surface area contributed by atoms with Gasteiger partial charge < -0.3 is 15.8 Å². The van der Waals surface area contributed by atoms with Crippen LogP contribution in [0.2, 0.25) is 0 Å². The van der Waals surface area contributed by atoms with Gasteiger partial charge in [-0.25, -0.2) is 4.98 Å². The second-order valence-electron chi connectivity index (χ2n) is 5.45. The summed E-state index contributed by atoms with van der Waals surface area (Å²) in [5.74, 6) is 0.465. The summed E-state index contributed by atoms with van der Waals surface area (Å²) in [6.45, 7) is 2.02. The van der Waals surface area contributed by atoms with Crippen molar-refractivity contribution in [3.05, 3.63) is 59.5 Å². The standard InChI is InChI=1S/C19H19N3O2S/c1-2-13-6-5-7-14(10-13)24-11-18(23)21-16-9-4-3-8-15(16)17-12-25-19(20)22-17/h3-10,12H,2,11H2,1H3,(H2,20,22)(H,21,23). The highest BCUT2D eigenvalue weighted by Gasteiger charge is 2.11. The molecule has 1 amide bonds. The molecule has 3 N–H and O–H groups in total. The second kappa shape index (κ2) is 7.81. The zero-order valence-corrected chi connectivity index (χ0v) is 14.7. The van der Waals surface area contributed by atoms with E-state index in [0.717, 1.165) is 17.7 Å². The van der Waals surface area contributed by atoms with E-state index in [0.29, 0.717) is 16.6 Å². The van der Waals surface area contributed by atoms with Crippen LogP contribution < -0.4 is 15.8 Å². The smallest absolute Gasteiger partial charge is 0.262 e. The lowest BCUT2D eigenvalue weighted by Crippen LogP contribution is -2.20. The number of nitrogens with one attached hydrogen (secondary N) is 1. The zero-order chi connectivity index (χ0) is 17.6. The van der Waals surface area contributed by atoms with Gasteiger partial charge in [0.15, 0.2) is 11.7 Å². The SMILES string of the molecule is CCc1cccc(OCC(=O)Nc2ccccc2-c2csc(N)n2)c1. The minimum atomic E-state index is -0.224. The minimum absolute atomic E-state index is 0.0549. The Morgan fingerprint density at radius 1 is 1.24 bits per heavy atom. The van der Waals surface area contributed by atoms with Gasteiger partial charge in [-0.1, -0.05) is 37.3 Å². The average Bonchev–Trinajstić information content (AvgIpc) is 3.07. The fraction of sp³-hybridized carbons (Fsp3) is 0.158. The monoisotopic (exact) mass is 353 g/mol. The van der Waals surface area contributed by atoms with E-state index in [4.69, 9.17) is 10.5 Å². The van der Waals surface area contributed by atoms with Crippen LogP contribution in [0.1, 0.15) is 12.5 Å². The molecule has 128 valence electrons. The highest BCUT2D eigenvalue weighted by Crippen LogP contribution is 2.29. The molecule has 0 atom stereocenters. The van der Waals surface area contributed by atoms with E-state index in [2.05, 4.69) is 17.2 Å². The molecule has 1 heterocycles. The fourth-order valence-corrected chi connectivity index (χ4v) is 2.98. The Hall–Kier alpha value is -2.86. The lowest BCUT2D eigenvalue weighted by atomic mass is 10.1. The van der Waals surface area contributed by atoms with E-state index in [1.54, 1.807) is 0 Å². The molecule has 2 aromatic carbocycles. The summed E-state index contributed by atoms with van der Waals surface area (Å²) >= 11 is 1.37. The van der Waals surface area contributed by atoms with Crippen LogP contribution in [-0.4, -0.2) is 17.5 Å². The quantitative estimate of drug-likeness (QED) is 0.703. The van der Waals surface area contributed by atoms with Crippen LogP contribution >= 0.6 is 11.3 Å². The molecule has 0 aliphatic rings. The van der Waals surface area contributed by atoms with Gasteiger partial charge in [-0.15, -0.1) is 11.3 Å². The first kappa shape index (κ1) is 17.0. The normalized spacial score (nSPS) is 10.4. The van der Waals surface area contributed by atoms with Crippen molar-refractivity contribution in [2.75, 3.05) is 17.7 Å². The molecule has 0 unspecified atom stereocenters. The van der Waals surface area contributed by atoms with Crippen molar-refractivity contribution < 1.29 is 9.53 Å². The number of hydrogen-bond acceptors (Lipinski definition) is 5. The largest absolute Gasteiger partial charge is 0.484 e. The Labute approximate surface area is 150 Å². The van der Waals surface area contributed by atoms with Crippen molar-refractivity contribution in [1.82, 2.24) is 4.98 Å². The molecule has 1 aromatic heterocycles. The van der Waals surface area contributed by atoms with Gasteiger partial charge in [0.25, 0.3) is 5.91 Å². The summed E-state index contributed by atoms with van der Waals surface area (Å²) < 4.78 is 5.59. The summed E-state index contributed by atoms with van der Waals surface area (Å²) in [6, 6.07) is 15.2. The van der Waals surface area contributed by atoms with E-state index >= 15 is 0 Å². The van der Waals surface area contributed by atoms with Gasteiger partial charge in [0.2, 0.25) is 0 Å². The molecule has 3 aromatic rings. The first-order chi connectivity index (χ1) is 12.2. The third kappa shape index (κ3) is 4.36. The lowest BCUT2D eigenvalue weighted by Gasteiger charge is -2.11. The number of nitrogens with zero attached hydrogens (tertiary/aromatic N) is 1. The molecule has 0 aliphatic heterocycles. The van der Waals surface area contributed by atoms with Gasteiger partial charge in [-0.05, 0) is 30.2 Å². The van der Waals surface area contributed by atoms with Gasteiger partial charge in [-0.3, -0.25) is 4.79 Å². The predicted octanol–water partition coefficient (Wildman–Crippen LogP) is 3.97. The Balaban J connectivity index is 1.67. The molecule has 6 heteroatoms. The van der Waals surface area contributed by atoms with Crippen molar-refractivity contribution in [1.29, 1.82) is 0 Å². The number of amides is 1. The molecule has 0 saturated carbocycles. The number of para-hydroxylation sites is 1. The molecule has 5 nitrogen and oxygen atoms in total. The number of anilines is 2. The van der Waals surface area contributed by atoms with Crippen LogP contribution in [0.25, 0.3) is 11.3 Å². The Morgan fingerprint density at radius 2 is 2.08 bits per heavy atom. The van der Waals surface area contributed by atoms with E-state index < -0.39 is 0 Å². The van der Waals surface area contributed by atoms with Crippen molar-refractivity contribution in [3.8, 4) is 17.0 Å². The van der Waals surface area contributed by atoms with Crippen LogP contribution in [0.4, 0.5) is 10.8 Å². The number of rotatable bonds is 6. The van der Waals surface area contributed by atoms with Crippen LogP contribution in [0.5, 0.6) is 5.75 Å². The fourth-order valence-electron chi connectivity index (χ4n) is 2.42. The first-order valence-electron chi connectivity index (χ1n) is 7.97. The maximum atomic E-state index is 12.3. The maximum Gasteiger partial charge on any atom is 0.262 e. The number of aryl methyl sites for hydroxylation is 1. The van der Waals surface area contributed by atoms with Crippen molar-refractivity contribution >= 4 is 28.1 Å². The number of benzene rings is 2. The van der Waals surface area contributed by atoms with Gasteiger partial charge in [0.1, 0.15) is 5.75 Å². The maximum absolute atomic E-state index is 12.3. The highest BCUT2D eigenvalue weighted by atomic mass is 32.1. The third-order valence-electron chi connectivity index (χ3n) is 3.68. The van der Waals surface area contributed by atoms with Gasteiger partial charge in [0, 0.05) is 10.9 Å². The van der Waals surface area contributed by atoms with E-state index in [1.165, 1.54) is 16.9 Å². The molecular weight excluding hydrogens is 334 g/mol. The van der Waals surface area contributed by atoms with Crippen molar-refractivity contribution in [3.63, 3.8) is 0 Å². The van der Waals surface area contributed by atoms with E-state index in [1.807, 2.05) is 53.9 Å². The lowest BCUT2D eigenvalue weighted by molar-refractivity contribution is -0.118. The van der Waals surface area contributed by atoms with Crippen molar-refractivity contribution in [2.24, 2.45) is 0 Å². The predicted molar refractivity (Wildman–Crippen MR) is 102 cm³/mol.